The number of rotatable bonds is 5. The van der Waals surface area contributed by atoms with Crippen molar-refractivity contribution in [2.45, 2.75) is 12.1 Å². The van der Waals surface area contributed by atoms with Gasteiger partial charge in [0.25, 0.3) is 5.56 Å². The highest BCUT2D eigenvalue weighted by Gasteiger charge is 2.15. The second-order valence-electron chi connectivity index (χ2n) is 6.85. The Morgan fingerprint density at radius 2 is 1.87 bits per heavy atom. The Bertz CT molecular complexity index is 1340. The van der Waals surface area contributed by atoms with E-state index in [2.05, 4.69) is 10.3 Å². The Morgan fingerprint density at radius 3 is 2.61 bits per heavy atom. The number of carbonyl (C=O) groups excluding carboxylic acids is 1. The molecule has 0 fully saturated rings. The van der Waals surface area contributed by atoms with Crippen LogP contribution in [0.2, 0.25) is 5.02 Å². The number of hydrogen-bond donors (Lipinski definition) is 1. The maximum absolute atomic E-state index is 14.0. The maximum Gasteiger partial charge on any atom is 0.266 e. The van der Waals surface area contributed by atoms with E-state index < -0.39 is 11.7 Å². The molecule has 0 aliphatic rings. The van der Waals surface area contributed by atoms with E-state index in [1.165, 1.54) is 16.7 Å². The van der Waals surface area contributed by atoms with Crippen LogP contribution in [0.4, 0.5) is 10.1 Å². The van der Waals surface area contributed by atoms with E-state index in [1.807, 2.05) is 31.2 Å². The molecule has 0 saturated heterocycles. The van der Waals surface area contributed by atoms with Crippen LogP contribution in [0.25, 0.3) is 16.6 Å². The molecule has 0 saturated carbocycles. The minimum Gasteiger partial charge on any atom is -0.323 e. The molecule has 4 rings (SSSR count). The van der Waals surface area contributed by atoms with Gasteiger partial charge < -0.3 is 5.32 Å². The number of nitrogens with zero attached hydrogens (tertiary/aromatic N) is 2. The van der Waals surface area contributed by atoms with Crippen LogP contribution >= 0.6 is 23.4 Å². The third-order valence-electron chi connectivity index (χ3n) is 4.57. The summed E-state index contributed by atoms with van der Waals surface area (Å²) in [6, 6.07) is 18.6. The lowest BCUT2D eigenvalue weighted by Gasteiger charge is -2.13. The van der Waals surface area contributed by atoms with Crippen molar-refractivity contribution in [2.24, 2.45) is 0 Å². The van der Waals surface area contributed by atoms with E-state index in [0.717, 1.165) is 23.4 Å². The molecule has 0 radical (unpaired) electrons. The van der Waals surface area contributed by atoms with E-state index in [-0.39, 0.29) is 22.0 Å². The van der Waals surface area contributed by atoms with E-state index in [9.17, 15) is 14.0 Å². The van der Waals surface area contributed by atoms with Crippen LogP contribution in [0.1, 0.15) is 5.56 Å². The van der Waals surface area contributed by atoms with Gasteiger partial charge in [-0.1, -0.05) is 53.2 Å². The molecule has 0 atom stereocenters. The van der Waals surface area contributed by atoms with Crippen LogP contribution in [-0.2, 0) is 4.79 Å². The minimum atomic E-state index is -0.619. The topological polar surface area (TPSA) is 64.0 Å². The van der Waals surface area contributed by atoms with Crippen molar-refractivity contribution >= 4 is 45.9 Å². The van der Waals surface area contributed by atoms with Gasteiger partial charge in [0.05, 0.1) is 28.0 Å². The molecule has 5 nitrogen and oxygen atoms in total. The first-order valence-corrected chi connectivity index (χ1v) is 10.8. The molecule has 0 unspecified atom stereocenters. The molecular formula is C23H17ClFN3O2S. The lowest BCUT2D eigenvalue weighted by Crippen LogP contribution is -2.23. The standard InChI is InChI=1S/C23H17ClFN3O2S/c1-14-6-9-16(10-7-14)28-22(30)17-4-2-3-5-19(17)27-23(28)31-13-21(29)26-20-11-8-15(24)12-18(20)25/h2-12H,13H2,1H3,(H,26,29). The van der Waals surface area contributed by atoms with E-state index in [0.29, 0.717) is 21.7 Å². The van der Waals surface area contributed by atoms with Crippen molar-refractivity contribution in [1.82, 2.24) is 9.55 Å². The first-order valence-electron chi connectivity index (χ1n) is 9.39. The summed E-state index contributed by atoms with van der Waals surface area (Å²) in [6.07, 6.45) is 0. The Hall–Kier alpha value is -3.16. The van der Waals surface area contributed by atoms with Crippen LogP contribution in [0.15, 0.2) is 76.7 Å². The number of thioether (sulfide) groups is 1. The van der Waals surface area contributed by atoms with Crippen molar-refractivity contribution in [3.63, 3.8) is 0 Å². The van der Waals surface area contributed by atoms with Gasteiger partial charge in [-0.3, -0.25) is 14.2 Å². The van der Waals surface area contributed by atoms with Crippen molar-refractivity contribution in [1.29, 1.82) is 0 Å². The molecule has 0 spiro atoms. The number of aryl methyl sites for hydroxylation is 1. The predicted molar refractivity (Wildman–Crippen MR) is 123 cm³/mol. The largest absolute Gasteiger partial charge is 0.323 e. The zero-order valence-electron chi connectivity index (χ0n) is 16.4. The van der Waals surface area contributed by atoms with Gasteiger partial charge >= 0.3 is 0 Å². The summed E-state index contributed by atoms with van der Waals surface area (Å²) in [5, 5.41) is 3.62. The average molecular weight is 454 g/mol. The van der Waals surface area contributed by atoms with Crippen molar-refractivity contribution in [2.75, 3.05) is 11.1 Å². The number of fused-ring (bicyclic) bond motifs is 1. The molecule has 31 heavy (non-hydrogen) atoms. The number of aromatic nitrogens is 2. The summed E-state index contributed by atoms with van der Waals surface area (Å²) in [7, 11) is 0. The Labute approximate surface area is 186 Å². The normalized spacial score (nSPS) is 10.9. The number of amides is 1. The highest BCUT2D eigenvalue weighted by molar-refractivity contribution is 7.99. The number of para-hydroxylation sites is 1. The van der Waals surface area contributed by atoms with Gasteiger partial charge in [-0.05, 0) is 49.4 Å². The van der Waals surface area contributed by atoms with Crippen LogP contribution < -0.4 is 10.9 Å². The monoisotopic (exact) mass is 453 g/mol. The smallest absolute Gasteiger partial charge is 0.266 e. The number of anilines is 1. The first-order chi connectivity index (χ1) is 14.9. The maximum atomic E-state index is 14.0. The van der Waals surface area contributed by atoms with Gasteiger partial charge in [0.1, 0.15) is 5.82 Å². The quantitative estimate of drug-likeness (QED) is 0.332. The number of benzene rings is 3. The SMILES string of the molecule is Cc1ccc(-n2c(SCC(=O)Nc3ccc(Cl)cc3F)nc3ccccc3c2=O)cc1. The Kier molecular flexibility index (Phi) is 6.06. The van der Waals surface area contributed by atoms with E-state index >= 15 is 0 Å². The zero-order valence-corrected chi connectivity index (χ0v) is 18.0. The summed E-state index contributed by atoms with van der Waals surface area (Å²) >= 11 is 6.85. The summed E-state index contributed by atoms with van der Waals surface area (Å²) in [5.74, 6) is -1.10. The Balaban J connectivity index is 1.66. The van der Waals surface area contributed by atoms with Crippen molar-refractivity contribution < 1.29 is 9.18 Å². The lowest BCUT2D eigenvalue weighted by atomic mass is 10.2. The van der Waals surface area contributed by atoms with Crippen LogP contribution in [-0.4, -0.2) is 21.2 Å². The molecule has 3 aromatic carbocycles. The second kappa shape index (κ2) is 8.91. The van der Waals surface area contributed by atoms with Gasteiger partial charge in [-0.25, -0.2) is 9.37 Å². The molecule has 1 N–H and O–H groups in total. The van der Waals surface area contributed by atoms with Crippen LogP contribution in [0.3, 0.4) is 0 Å². The molecular weight excluding hydrogens is 437 g/mol. The highest BCUT2D eigenvalue weighted by atomic mass is 35.5. The van der Waals surface area contributed by atoms with E-state index in [1.54, 1.807) is 24.3 Å². The number of carbonyl (C=O) groups is 1. The van der Waals surface area contributed by atoms with Gasteiger partial charge in [0.15, 0.2) is 5.16 Å². The summed E-state index contributed by atoms with van der Waals surface area (Å²) in [6.45, 7) is 1.96. The Morgan fingerprint density at radius 1 is 1.13 bits per heavy atom. The summed E-state index contributed by atoms with van der Waals surface area (Å²) in [4.78, 5) is 30.2. The zero-order chi connectivity index (χ0) is 22.0. The molecule has 0 aliphatic carbocycles. The van der Waals surface area contributed by atoms with Crippen LogP contribution in [0, 0.1) is 12.7 Å². The third-order valence-corrected chi connectivity index (χ3v) is 5.75. The molecule has 0 bridgehead atoms. The fourth-order valence-electron chi connectivity index (χ4n) is 3.04. The number of hydrogen-bond acceptors (Lipinski definition) is 4. The van der Waals surface area contributed by atoms with Crippen molar-refractivity contribution in [3.05, 3.63) is 93.5 Å². The van der Waals surface area contributed by atoms with Gasteiger partial charge in [-0.15, -0.1) is 0 Å². The molecule has 1 amide bonds. The van der Waals surface area contributed by atoms with Crippen LogP contribution in [0.5, 0.6) is 0 Å². The number of nitrogens with one attached hydrogen (secondary N) is 1. The summed E-state index contributed by atoms with van der Waals surface area (Å²) < 4.78 is 15.4. The minimum absolute atomic E-state index is 0.0393. The third kappa shape index (κ3) is 4.62. The fourth-order valence-corrected chi connectivity index (χ4v) is 4.01. The van der Waals surface area contributed by atoms with Gasteiger partial charge in [0.2, 0.25) is 5.91 Å². The fraction of sp³-hybridized carbons (Fsp3) is 0.0870. The molecule has 8 heteroatoms. The molecule has 156 valence electrons. The molecule has 0 aliphatic heterocycles. The summed E-state index contributed by atoms with van der Waals surface area (Å²) in [5.41, 5.74) is 2.07. The van der Waals surface area contributed by atoms with Gasteiger partial charge in [-0.2, -0.15) is 0 Å². The first kappa shape index (κ1) is 21.1. The molecule has 1 heterocycles. The lowest BCUT2D eigenvalue weighted by molar-refractivity contribution is -0.113. The predicted octanol–water partition coefficient (Wildman–Crippen LogP) is 5.22. The van der Waals surface area contributed by atoms with Crippen molar-refractivity contribution in [3.8, 4) is 5.69 Å². The second-order valence-corrected chi connectivity index (χ2v) is 8.23. The highest BCUT2D eigenvalue weighted by Crippen LogP contribution is 2.23. The van der Waals surface area contributed by atoms with E-state index in [4.69, 9.17) is 11.6 Å². The molecule has 4 aromatic rings. The van der Waals surface area contributed by atoms with Gasteiger partial charge in [0, 0.05) is 5.02 Å². The molecule has 1 aromatic heterocycles. The average Bonchev–Trinajstić information content (AvgIpc) is 2.75. The number of halogens is 2.